The predicted octanol–water partition coefficient (Wildman–Crippen LogP) is 2.55. The Morgan fingerprint density at radius 1 is 1.33 bits per heavy atom. The van der Waals surface area contributed by atoms with E-state index in [1.807, 2.05) is 31.2 Å². The lowest BCUT2D eigenvalue weighted by Crippen LogP contribution is -2.41. The number of ketones is 1. The van der Waals surface area contributed by atoms with E-state index in [-0.39, 0.29) is 5.78 Å². The van der Waals surface area contributed by atoms with Gasteiger partial charge < -0.3 is 4.74 Å². The van der Waals surface area contributed by atoms with E-state index < -0.39 is 11.4 Å². The van der Waals surface area contributed by atoms with Crippen LogP contribution in [-0.2, 0) is 19.7 Å². The summed E-state index contributed by atoms with van der Waals surface area (Å²) < 4.78 is 5.12. The normalized spacial score (nSPS) is 23.1. The molecule has 1 aromatic carbocycles. The Morgan fingerprint density at radius 2 is 2.00 bits per heavy atom. The number of carbonyl (C=O) groups excluding carboxylic acids is 2. The summed E-state index contributed by atoms with van der Waals surface area (Å²) in [6.45, 7) is 4.05. The van der Waals surface area contributed by atoms with Crippen LogP contribution in [0.1, 0.15) is 37.3 Å². The summed E-state index contributed by atoms with van der Waals surface area (Å²) >= 11 is 0. The average Bonchev–Trinajstić information content (AvgIpc) is 2.73. The quantitative estimate of drug-likeness (QED) is 0.608. The number of ether oxygens (including phenoxy) is 1. The number of hydrogen-bond acceptors (Lipinski definition) is 3. The van der Waals surface area contributed by atoms with Crippen molar-refractivity contribution in [3.05, 3.63) is 35.4 Å². The molecule has 1 atom stereocenters. The second-order valence-corrected chi connectivity index (χ2v) is 4.77. The Bertz CT molecular complexity index is 461. The van der Waals surface area contributed by atoms with E-state index in [2.05, 4.69) is 0 Å². The first-order chi connectivity index (χ1) is 8.61. The molecule has 0 aliphatic heterocycles. The highest BCUT2D eigenvalue weighted by molar-refractivity contribution is 6.11. The highest BCUT2D eigenvalue weighted by atomic mass is 16.5. The van der Waals surface area contributed by atoms with E-state index in [1.54, 1.807) is 6.92 Å². The molecule has 18 heavy (non-hydrogen) atoms. The molecule has 2 rings (SSSR count). The number of benzene rings is 1. The summed E-state index contributed by atoms with van der Waals surface area (Å²) in [7, 11) is 0. The molecule has 0 spiro atoms. The topological polar surface area (TPSA) is 43.4 Å². The van der Waals surface area contributed by atoms with Crippen LogP contribution in [-0.4, -0.2) is 18.4 Å². The Labute approximate surface area is 107 Å². The van der Waals surface area contributed by atoms with Gasteiger partial charge in [-0.15, -0.1) is 0 Å². The zero-order chi connectivity index (χ0) is 13.2. The van der Waals surface area contributed by atoms with Crippen molar-refractivity contribution in [1.82, 2.24) is 0 Å². The van der Waals surface area contributed by atoms with E-state index >= 15 is 0 Å². The van der Waals surface area contributed by atoms with Gasteiger partial charge in [-0.05, 0) is 32.3 Å². The predicted molar refractivity (Wildman–Crippen MR) is 68.3 cm³/mol. The Morgan fingerprint density at radius 3 is 2.50 bits per heavy atom. The van der Waals surface area contributed by atoms with Crippen molar-refractivity contribution in [2.75, 3.05) is 6.61 Å². The molecule has 1 unspecified atom stereocenters. The zero-order valence-corrected chi connectivity index (χ0v) is 10.9. The molecule has 1 saturated carbocycles. The summed E-state index contributed by atoms with van der Waals surface area (Å²) in [5.74, 6) is -0.402. The molecular formula is C15H18O3. The van der Waals surface area contributed by atoms with Crippen molar-refractivity contribution in [1.29, 1.82) is 0 Å². The summed E-state index contributed by atoms with van der Waals surface area (Å²) in [6, 6.07) is 7.61. The Hall–Kier alpha value is -1.64. The fourth-order valence-electron chi connectivity index (χ4n) is 2.60. The third kappa shape index (κ3) is 1.94. The van der Waals surface area contributed by atoms with Crippen molar-refractivity contribution in [2.45, 2.75) is 38.5 Å². The molecule has 0 radical (unpaired) electrons. The van der Waals surface area contributed by atoms with Crippen LogP contribution in [0.15, 0.2) is 24.3 Å². The molecular weight excluding hydrogens is 228 g/mol. The van der Waals surface area contributed by atoms with Gasteiger partial charge in [0.1, 0.15) is 0 Å². The largest absolute Gasteiger partial charge is 0.465 e. The van der Waals surface area contributed by atoms with E-state index in [0.717, 1.165) is 17.5 Å². The van der Waals surface area contributed by atoms with E-state index in [0.29, 0.717) is 19.4 Å². The standard InChI is InChI=1S/C15H18O3/c1-3-18-14(17)15(10-4-5-13(15)16)12-8-6-11(2)7-9-12/h6-9H,3-5,10H2,1-2H3. The zero-order valence-electron chi connectivity index (χ0n) is 10.9. The third-order valence-corrected chi connectivity index (χ3v) is 3.60. The van der Waals surface area contributed by atoms with Crippen molar-refractivity contribution in [2.24, 2.45) is 0 Å². The molecule has 3 heteroatoms. The number of Topliss-reactive ketones (excluding diaryl/α,β-unsaturated/α-hetero) is 1. The van der Waals surface area contributed by atoms with Crippen LogP contribution in [0, 0.1) is 6.92 Å². The van der Waals surface area contributed by atoms with Gasteiger partial charge in [0, 0.05) is 6.42 Å². The molecule has 0 heterocycles. The number of hydrogen-bond donors (Lipinski definition) is 0. The molecule has 1 aliphatic rings. The smallest absolute Gasteiger partial charge is 0.324 e. The number of carbonyl (C=O) groups is 2. The highest BCUT2D eigenvalue weighted by Crippen LogP contribution is 2.39. The summed E-state index contributed by atoms with van der Waals surface area (Å²) in [4.78, 5) is 24.4. The molecule has 3 nitrogen and oxygen atoms in total. The first kappa shape index (κ1) is 12.8. The van der Waals surface area contributed by atoms with Crippen LogP contribution in [0.3, 0.4) is 0 Å². The van der Waals surface area contributed by atoms with Crippen molar-refractivity contribution >= 4 is 11.8 Å². The maximum absolute atomic E-state index is 12.2. The van der Waals surface area contributed by atoms with Crippen molar-refractivity contribution in [3.63, 3.8) is 0 Å². The number of aryl methyl sites for hydroxylation is 1. The van der Waals surface area contributed by atoms with E-state index in [1.165, 1.54) is 0 Å². The van der Waals surface area contributed by atoms with Crippen LogP contribution in [0.2, 0.25) is 0 Å². The SMILES string of the molecule is CCOC(=O)C1(c2ccc(C)cc2)CCCC1=O. The average molecular weight is 246 g/mol. The number of rotatable bonds is 3. The molecule has 0 saturated heterocycles. The first-order valence-corrected chi connectivity index (χ1v) is 6.39. The molecule has 0 amide bonds. The lowest BCUT2D eigenvalue weighted by Gasteiger charge is -2.25. The van der Waals surface area contributed by atoms with Gasteiger partial charge in [-0.3, -0.25) is 9.59 Å². The minimum Gasteiger partial charge on any atom is -0.465 e. The maximum Gasteiger partial charge on any atom is 0.324 e. The van der Waals surface area contributed by atoms with Gasteiger partial charge in [-0.25, -0.2) is 0 Å². The fourth-order valence-corrected chi connectivity index (χ4v) is 2.60. The van der Waals surface area contributed by atoms with Crippen LogP contribution >= 0.6 is 0 Å². The summed E-state index contributed by atoms with van der Waals surface area (Å²) in [6.07, 6.45) is 1.78. The van der Waals surface area contributed by atoms with E-state index in [9.17, 15) is 9.59 Å². The second-order valence-electron chi connectivity index (χ2n) is 4.77. The van der Waals surface area contributed by atoms with Crippen molar-refractivity contribution < 1.29 is 14.3 Å². The lowest BCUT2D eigenvalue weighted by atomic mass is 9.78. The molecule has 1 fully saturated rings. The Kier molecular flexibility index (Phi) is 3.50. The van der Waals surface area contributed by atoms with Gasteiger partial charge in [0.25, 0.3) is 0 Å². The van der Waals surface area contributed by atoms with Gasteiger partial charge in [0.2, 0.25) is 0 Å². The monoisotopic (exact) mass is 246 g/mol. The van der Waals surface area contributed by atoms with Crippen LogP contribution in [0.25, 0.3) is 0 Å². The van der Waals surface area contributed by atoms with Gasteiger partial charge >= 0.3 is 5.97 Å². The fraction of sp³-hybridized carbons (Fsp3) is 0.467. The van der Waals surface area contributed by atoms with Gasteiger partial charge in [-0.2, -0.15) is 0 Å². The van der Waals surface area contributed by atoms with Crippen LogP contribution in [0.4, 0.5) is 0 Å². The molecule has 1 aliphatic carbocycles. The van der Waals surface area contributed by atoms with Crippen LogP contribution in [0.5, 0.6) is 0 Å². The molecule has 0 N–H and O–H groups in total. The first-order valence-electron chi connectivity index (χ1n) is 6.39. The molecule has 1 aromatic rings. The summed E-state index contributed by atoms with van der Waals surface area (Å²) in [5.41, 5.74) is 0.834. The molecule has 0 bridgehead atoms. The Balaban J connectivity index is 2.45. The third-order valence-electron chi connectivity index (χ3n) is 3.60. The highest BCUT2D eigenvalue weighted by Gasteiger charge is 2.51. The summed E-state index contributed by atoms with van der Waals surface area (Å²) in [5, 5.41) is 0. The number of esters is 1. The van der Waals surface area contributed by atoms with E-state index in [4.69, 9.17) is 4.74 Å². The molecule has 96 valence electrons. The lowest BCUT2D eigenvalue weighted by molar-refractivity contribution is -0.153. The van der Waals surface area contributed by atoms with Crippen LogP contribution < -0.4 is 0 Å². The minimum atomic E-state index is -1.05. The minimum absolute atomic E-state index is 0.00944. The van der Waals surface area contributed by atoms with Crippen molar-refractivity contribution in [3.8, 4) is 0 Å². The van der Waals surface area contributed by atoms with Gasteiger partial charge in [-0.1, -0.05) is 29.8 Å². The molecule has 0 aromatic heterocycles. The van der Waals surface area contributed by atoms with Gasteiger partial charge in [0.15, 0.2) is 11.2 Å². The van der Waals surface area contributed by atoms with Gasteiger partial charge in [0.05, 0.1) is 6.61 Å². The second kappa shape index (κ2) is 4.92. The maximum atomic E-state index is 12.2.